The molecule has 0 bridgehead atoms. The molecule has 1 aromatic heterocycles. The van der Waals surface area contributed by atoms with Crippen LogP contribution in [-0.4, -0.2) is 36.1 Å². The summed E-state index contributed by atoms with van der Waals surface area (Å²) in [5.41, 5.74) is 1.07. The van der Waals surface area contributed by atoms with Crippen molar-refractivity contribution in [2.75, 3.05) is 31.1 Å². The molecule has 0 atom stereocenters. The van der Waals surface area contributed by atoms with Crippen molar-refractivity contribution < 1.29 is 22.0 Å². The van der Waals surface area contributed by atoms with E-state index in [4.69, 9.17) is 0 Å². The van der Waals surface area contributed by atoms with Gasteiger partial charge in [-0.05, 0) is 24.3 Å². The molecule has 0 N–H and O–H groups in total. The second-order valence-electron chi connectivity index (χ2n) is 6.66. The number of halogens is 5. The van der Waals surface area contributed by atoms with E-state index < -0.39 is 34.6 Å². The molecular weight excluding hydrogens is 377 g/mol. The monoisotopic (exact) mass is 393 g/mol. The number of hydrogen-bond donors (Lipinski definition) is 0. The molecule has 1 aliphatic heterocycles. The van der Waals surface area contributed by atoms with Gasteiger partial charge in [-0.1, -0.05) is 6.07 Å². The summed E-state index contributed by atoms with van der Waals surface area (Å²) >= 11 is 0. The SMILES string of the molecule is Fc1c(F)c(F)c(CN2CCN(c3cccc4ncccc34)CC2)c(F)c1F. The topological polar surface area (TPSA) is 19.4 Å². The van der Waals surface area contributed by atoms with E-state index in [1.807, 2.05) is 30.3 Å². The number of rotatable bonds is 3. The number of piperazine rings is 1. The molecule has 3 nitrogen and oxygen atoms in total. The Balaban J connectivity index is 1.51. The zero-order valence-electron chi connectivity index (χ0n) is 14.7. The fourth-order valence-electron chi connectivity index (χ4n) is 3.52. The van der Waals surface area contributed by atoms with Crippen molar-refractivity contribution in [1.29, 1.82) is 0 Å². The van der Waals surface area contributed by atoms with E-state index in [2.05, 4.69) is 9.88 Å². The van der Waals surface area contributed by atoms with Gasteiger partial charge in [-0.25, -0.2) is 22.0 Å². The first-order valence-corrected chi connectivity index (χ1v) is 8.78. The smallest absolute Gasteiger partial charge is 0.200 e. The van der Waals surface area contributed by atoms with Crippen molar-refractivity contribution in [3.05, 3.63) is 71.2 Å². The molecule has 0 amide bonds. The minimum atomic E-state index is -2.13. The Morgan fingerprint density at radius 1 is 0.750 bits per heavy atom. The molecule has 2 heterocycles. The van der Waals surface area contributed by atoms with Gasteiger partial charge >= 0.3 is 0 Å². The third-order valence-electron chi connectivity index (χ3n) is 5.02. The molecule has 0 radical (unpaired) electrons. The summed E-state index contributed by atoms with van der Waals surface area (Å²) in [6.07, 6.45) is 1.72. The molecule has 0 unspecified atom stereocenters. The van der Waals surface area contributed by atoms with Gasteiger partial charge in [-0.3, -0.25) is 9.88 Å². The number of benzene rings is 2. The van der Waals surface area contributed by atoms with Crippen molar-refractivity contribution in [3.8, 4) is 0 Å². The molecule has 0 saturated carbocycles. The normalized spacial score (nSPS) is 15.4. The maximum Gasteiger partial charge on any atom is 0.200 e. The highest BCUT2D eigenvalue weighted by Crippen LogP contribution is 2.28. The molecule has 0 aliphatic carbocycles. The molecule has 2 aromatic carbocycles. The van der Waals surface area contributed by atoms with E-state index in [1.165, 1.54) is 0 Å². The Morgan fingerprint density at radius 3 is 2.07 bits per heavy atom. The van der Waals surface area contributed by atoms with E-state index in [9.17, 15) is 22.0 Å². The summed E-state index contributed by atoms with van der Waals surface area (Å²) in [6.45, 7) is 1.63. The lowest BCUT2D eigenvalue weighted by Gasteiger charge is -2.36. The second-order valence-corrected chi connectivity index (χ2v) is 6.66. The third-order valence-corrected chi connectivity index (χ3v) is 5.02. The lowest BCUT2D eigenvalue weighted by Crippen LogP contribution is -2.46. The van der Waals surface area contributed by atoms with Crippen LogP contribution in [0.4, 0.5) is 27.6 Å². The van der Waals surface area contributed by atoms with Crippen LogP contribution in [0.15, 0.2) is 36.5 Å². The highest BCUT2D eigenvalue weighted by Gasteiger charge is 2.28. The van der Waals surface area contributed by atoms with Gasteiger partial charge in [-0.15, -0.1) is 0 Å². The number of fused-ring (bicyclic) bond motifs is 1. The summed E-state index contributed by atoms with van der Waals surface area (Å²) in [4.78, 5) is 8.13. The van der Waals surface area contributed by atoms with Crippen LogP contribution in [0.3, 0.4) is 0 Å². The number of hydrogen-bond acceptors (Lipinski definition) is 3. The van der Waals surface area contributed by atoms with Gasteiger partial charge in [0, 0.05) is 55.6 Å². The number of aromatic nitrogens is 1. The fraction of sp³-hybridized carbons (Fsp3) is 0.250. The number of nitrogens with zero attached hydrogens (tertiary/aromatic N) is 3. The van der Waals surface area contributed by atoms with Crippen molar-refractivity contribution >= 4 is 16.6 Å². The Kier molecular flexibility index (Phi) is 4.89. The van der Waals surface area contributed by atoms with Gasteiger partial charge in [0.2, 0.25) is 5.82 Å². The maximum absolute atomic E-state index is 13.9. The van der Waals surface area contributed by atoms with Gasteiger partial charge in [0.15, 0.2) is 23.3 Å². The van der Waals surface area contributed by atoms with Crippen LogP contribution in [0, 0.1) is 29.1 Å². The molecule has 0 spiro atoms. The van der Waals surface area contributed by atoms with E-state index in [1.54, 1.807) is 11.1 Å². The van der Waals surface area contributed by atoms with Crippen LogP contribution in [0.25, 0.3) is 10.9 Å². The molecule has 28 heavy (non-hydrogen) atoms. The summed E-state index contributed by atoms with van der Waals surface area (Å²) in [5.74, 6) is -9.47. The molecule has 4 rings (SSSR count). The van der Waals surface area contributed by atoms with Crippen LogP contribution < -0.4 is 4.90 Å². The predicted octanol–water partition coefficient (Wildman–Crippen LogP) is 4.25. The van der Waals surface area contributed by atoms with Crippen LogP contribution in [0.2, 0.25) is 0 Å². The molecule has 3 aromatic rings. The lowest BCUT2D eigenvalue weighted by atomic mass is 10.1. The number of anilines is 1. The summed E-state index contributed by atoms with van der Waals surface area (Å²) in [5, 5.41) is 0.998. The van der Waals surface area contributed by atoms with E-state index in [0.29, 0.717) is 26.2 Å². The highest BCUT2D eigenvalue weighted by molar-refractivity contribution is 5.91. The predicted molar refractivity (Wildman–Crippen MR) is 95.5 cm³/mol. The average Bonchev–Trinajstić information content (AvgIpc) is 2.74. The van der Waals surface area contributed by atoms with Gasteiger partial charge in [0.25, 0.3) is 0 Å². The van der Waals surface area contributed by atoms with Crippen LogP contribution in [0.5, 0.6) is 0 Å². The minimum Gasteiger partial charge on any atom is -0.368 e. The molecular formula is C20H16F5N3. The quantitative estimate of drug-likeness (QED) is 0.377. The summed E-state index contributed by atoms with van der Waals surface area (Å²) < 4.78 is 67.8. The zero-order valence-corrected chi connectivity index (χ0v) is 14.7. The Labute approximate surface area is 158 Å². The Morgan fingerprint density at radius 2 is 1.39 bits per heavy atom. The molecule has 1 saturated heterocycles. The standard InChI is InChI=1S/C20H16F5N3/c21-16-13(17(22)19(24)20(25)18(16)23)11-27-7-9-28(10-8-27)15-5-1-4-14-12(15)3-2-6-26-14/h1-6H,7-11H2. The van der Waals surface area contributed by atoms with Gasteiger partial charge in [0.05, 0.1) is 5.52 Å². The molecule has 1 aliphatic rings. The van der Waals surface area contributed by atoms with E-state index >= 15 is 0 Å². The van der Waals surface area contributed by atoms with Crippen LogP contribution in [-0.2, 0) is 6.54 Å². The second kappa shape index (κ2) is 7.35. The minimum absolute atomic E-state index is 0.337. The first kappa shape index (κ1) is 18.6. The van der Waals surface area contributed by atoms with E-state index in [-0.39, 0.29) is 6.54 Å². The zero-order chi connectivity index (χ0) is 19.8. The third kappa shape index (κ3) is 3.17. The maximum atomic E-state index is 13.9. The van der Waals surface area contributed by atoms with Crippen molar-refractivity contribution in [2.24, 2.45) is 0 Å². The molecule has 1 fully saturated rings. The summed E-state index contributed by atoms with van der Waals surface area (Å²) in [7, 11) is 0. The Hall–Kier alpha value is -2.74. The van der Waals surface area contributed by atoms with Crippen LogP contribution >= 0.6 is 0 Å². The Bertz CT molecular complexity index is 998. The molecule has 8 heteroatoms. The average molecular weight is 393 g/mol. The van der Waals surface area contributed by atoms with Crippen molar-refractivity contribution in [3.63, 3.8) is 0 Å². The molecule has 146 valence electrons. The van der Waals surface area contributed by atoms with Crippen LogP contribution in [0.1, 0.15) is 5.56 Å². The summed E-state index contributed by atoms with van der Waals surface area (Å²) in [6, 6.07) is 9.62. The van der Waals surface area contributed by atoms with Gasteiger partial charge in [0.1, 0.15) is 0 Å². The van der Waals surface area contributed by atoms with Gasteiger partial charge < -0.3 is 4.90 Å². The van der Waals surface area contributed by atoms with E-state index in [0.717, 1.165) is 16.6 Å². The largest absolute Gasteiger partial charge is 0.368 e. The van der Waals surface area contributed by atoms with Crippen molar-refractivity contribution in [1.82, 2.24) is 9.88 Å². The van der Waals surface area contributed by atoms with Gasteiger partial charge in [-0.2, -0.15) is 0 Å². The first-order valence-electron chi connectivity index (χ1n) is 8.78. The highest BCUT2D eigenvalue weighted by atomic mass is 19.2. The fourth-order valence-corrected chi connectivity index (χ4v) is 3.52. The van der Waals surface area contributed by atoms with Crippen molar-refractivity contribution in [2.45, 2.75) is 6.54 Å². The first-order chi connectivity index (χ1) is 13.5. The number of pyridine rings is 1. The lowest BCUT2D eigenvalue weighted by molar-refractivity contribution is 0.238.